The van der Waals surface area contributed by atoms with E-state index in [1.165, 1.54) is 0 Å². The number of carboxylic acids is 1. The topological polar surface area (TPSA) is 82.8 Å². The van der Waals surface area contributed by atoms with Crippen LogP contribution in [0.15, 0.2) is 34.8 Å². The zero-order chi connectivity index (χ0) is 27.5. The first-order valence-electron chi connectivity index (χ1n) is 13.9. The third kappa shape index (κ3) is 7.46. The fraction of sp³-hybridized carbons (Fsp3) is 0.667. The summed E-state index contributed by atoms with van der Waals surface area (Å²) in [5, 5.41) is 14.6. The molecule has 1 aromatic carbocycles. The highest BCUT2D eigenvalue weighted by Crippen LogP contribution is 2.36. The molecule has 2 aliphatic rings. The van der Waals surface area contributed by atoms with E-state index in [9.17, 15) is 9.90 Å². The van der Waals surface area contributed by atoms with E-state index < -0.39 is 23.3 Å². The minimum Gasteiger partial charge on any atom is -0.479 e. The Balaban J connectivity index is 1.39. The number of halogens is 1. The van der Waals surface area contributed by atoms with Crippen LogP contribution in [0.5, 0.6) is 0 Å². The van der Waals surface area contributed by atoms with Crippen molar-refractivity contribution in [2.45, 2.75) is 97.7 Å². The standard InChI is InChI=1S/C30H43BrN2O5/c1-29(2,3)27(28(34)35)36-18-21-13-11-20(12-14-21)17-33-26(22-9-7-6-8-10-22)25(31)24(32-33)16-15-23-19-37-30(4,5)38-23/h6-10,20-21,23,27H,11-19H2,1-5H3,(H,34,35)/t20?,21?,23-,27?/m1/s1. The molecule has 0 spiro atoms. The Labute approximate surface area is 235 Å². The van der Waals surface area contributed by atoms with Crippen LogP contribution in [-0.4, -0.2) is 52.1 Å². The molecule has 1 aliphatic heterocycles. The van der Waals surface area contributed by atoms with E-state index in [4.69, 9.17) is 19.3 Å². The Morgan fingerprint density at radius 2 is 1.84 bits per heavy atom. The Bertz CT molecular complexity index is 1070. The van der Waals surface area contributed by atoms with Crippen LogP contribution in [0.25, 0.3) is 11.3 Å². The third-order valence-corrected chi connectivity index (χ3v) is 8.52. The van der Waals surface area contributed by atoms with Gasteiger partial charge in [0.1, 0.15) is 0 Å². The molecule has 2 atom stereocenters. The van der Waals surface area contributed by atoms with Crippen molar-refractivity contribution in [2.75, 3.05) is 13.2 Å². The maximum absolute atomic E-state index is 11.7. The second-order valence-corrected chi connectivity index (χ2v) is 13.2. The van der Waals surface area contributed by atoms with Crippen LogP contribution in [0.4, 0.5) is 0 Å². The summed E-state index contributed by atoms with van der Waals surface area (Å²) in [4.78, 5) is 11.7. The van der Waals surface area contributed by atoms with Gasteiger partial charge in [0.05, 0.1) is 35.2 Å². The minimum atomic E-state index is -0.879. The number of hydrogen-bond acceptors (Lipinski definition) is 5. The number of nitrogens with zero attached hydrogens (tertiary/aromatic N) is 2. The molecule has 1 aliphatic carbocycles. The van der Waals surface area contributed by atoms with E-state index in [0.29, 0.717) is 25.0 Å². The first kappa shape index (κ1) is 29.2. The summed E-state index contributed by atoms with van der Waals surface area (Å²) in [5.41, 5.74) is 2.92. The van der Waals surface area contributed by atoms with Crippen molar-refractivity contribution in [2.24, 2.45) is 17.3 Å². The van der Waals surface area contributed by atoms with E-state index >= 15 is 0 Å². The van der Waals surface area contributed by atoms with Crippen LogP contribution in [0.2, 0.25) is 0 Å². The van der Waals surface area contributed by atoms with Gasteiger partial charge in [-0.2, -0.15) is 5.10 Å². The maximum Gasteiger partial charge on any atom is 0.333 e. The monoisotopic (exact) mass is 590 g/mol. The number of benzene rings is 1. The molecule has 2 fully saturated rings. The van der Waals surface area contributed by atoms with Crippen LogP contribution in [0.3, 0.4) is 0 Å². The molecule has 1 N–H and O–H groups in total. The van der Waals surface area contributed by atoms with Gasteiger partial charge in [0.25, 0.3) is 0 Å². The fourth-order valence-electron chi connectivity index (χ4n) is 5.61. The third-order valence-electron chi connectivity index (χ3n) is 7.69. The highest BCUT2D eigenvalue weighted by molar-refractivity contribution is 9.10. The lowest BCUT2D eigenvalue weighted by molar-refractivity contribution is -0.159. The predicted molar refractivity (Wildman–Crippen MR) is 151 cm³/mol. The second-order valence-electron chi connectivity index (χ2n) is 12.5. The zero-order valence-electron chi connectivity index (χ0n) is 23.4. The molecule has 38 heavy (non-hydrogen) atoms. The Hall–Kier alpha value is -1.74. The summed E-state index contributed by atoms with van der Waals surface area (Å²) in [6.45, 7) is 11.7. The number of hydrogen-bond donors (Lipinski definition) is 1. The van der Waals surface area contributed by atoms with Crippen LogP contribution in [0.1, 0.15) is 72.4 Å². The van der Waals surface area contributed by atoms with Gasteiger partial charge in [0.2, 0.25) is 0 Å². The van der Waals surface area contributed by atoms with Gasteiger partial charge in [-0.05, 0) is 85.6 Å². The molecule has 0 bridgehead atoms. The summed E-state index contributed by atoms with van der Waals surface area (Å²) in [7, 11) is 0. The summed E-state index contributed by atoms with van der Waals surface area (Å²) in [6.07, 6.45) is 5.26. The quantitative estimate of drug-likeness (QED) is 0.331. The van der Waals surface area contributed by atoms with Gasteiger partial charge in [0.15, 0.2) is 11.9 Å². The van der Waals surface area contributed by atoms with Crippen molar-refractivity contribution < 1.29 is 24.1 Å². The molecule has 1 saturated carbocycles. The van der Waals surface area contributed by atoms with Crippen LogP contribution >= 0.6 is 15.9 Å². The summed E-state index contributed by atoms with van der Waals surface area (Å²) in [6, 6.07) is 10.5. The number of aromatic nitrogens is 2. The molecule has 2 heterocycles. The lowest BCUT2D eigenvalue weighted by Gasteiger charge is -2.32. The average molecular weight is 592 g/mol. The summed E-state index contributed by atoms with van der Waals surface area (Å²) < 4.78 is 20.9. The van der Waals surface area contributed by atoms with Gasteiger partial charge in [-0.15, -0.1) is 0 Å². The van der Waals surface area contributed by atoms with Crippen molar-refractivity contribution in [3.05, 3.63) is 40.5 Å². The Kier molecular flexibility index (Phi) is 9.38. The average Bonchev–Trinajstić information content (AvgIpc) is 3.36. The molecular formula is C30H43BrN2O5. The van der Waals surface area contributed by atoms with Crippen molar-refractivity contribution in [3.8, 4) is 11.3 Å². The first-order valence-corrected chi connectivity index (χ1v) is 14.7. The maximum atomic E-state index is 11.7. The van der Waals surface area contributed by atoms with Gasteiger partial charge >= 0.3 is 5.97 Å². The van der Waals surface area contributed by atoms with E-state index in [1.807, 2.05) is 40.7 Å². The van der Waals surface area contributed by atoms with E-state index in [1.54, 1.807) is 0 Å². The second kappa shape index (κ2) is 12.2. The zero-order valence-corrected chi connectivity index (χ0v) is 25.0. The Morgan fingerprint density at radius 3 is 2.42 bits per heavy atom. The molecule has 1 saturated heterocycles. The Morgan fingerprint density at radius 1 is 1.18 bits per heavy atom. The van der Waals surface area contributed by atoms with Crippen molar-refractivity contribution in [1.29, 1.82) is 0 Å². The largest absolute Gasteiger partial charge is 0.479 e. The fourth-order valence-corrected chi connectivity index (χ4v) is 6.32. The van der Waals surface area contributed by atoms with Gasteiger partial charge in [-0.25, -0.2) is 4.79 Å². The lowest BCUT2D eigenvalue weighted by Crippen LogP contribution is -2.38. The summed E-state index contributed by atoms with van der Waals surface area (Å²) >= 11 is 3.89. The highest BCUT2D eigenvalue weighted by atomic mass is 79.9. The van der Waals surface area contributed by atoms with Crippen molar-refractivity contribution in [1.82, 2.24) is 9.78 Å². The van der Waals surface area contributed by atoms with Crippen LogP contribution in [-0.2, 0) is 32.0 Å². The molecule has 1 unspecified atom stereocenters. The van der Waals surface area contributed by atoms with Gasteiger partial charge in [0, 0.05) is 12.1 Å². The number of rotatable bonds is 10. The molecule has 8 heteroatoms. The van der Waals surface area contributed by atoms with Crippen LogP contribution < -0.4 is 0 Å². The molecular weight excluding hydrogens is 548 g/mol. The minimum absolute atomic E-state index is 0.0822. The molecule has 2 aromatic rings. The molecule has 210 valence electrons. The predicted octanol–water partition coefficient (Wildman–Crippen LogP) is 6.72. The number of ether oxygens (including phenoxy) is 3. The highest BCUT2D eigenvalue weighted by Gasteiger charge is 2.34. The molecule has 1 aromatic heterocycles. The van der Waals surface area contributed by atoms with Gasteiger partial charge in [-0.1, -0.05) is 51.1 Å². The number of aryl methyl sites for hydroxylation is 1. The smallest absolute Gasteiger partial charge is 0.333 e. The molecule has 0 amide bonds. The van der Waals surface area contributed by atoms with Crippen molar-refractivity contribution in [3.63, 3.8) is 0 Å². The first-order chi connectivity index (χ1) is 17.9. The molecule has 4 rings (SSSR count). The number of aliphatic carboxylic acids is 1. The van der Waals surface area contributed by atoms with Gasteiger partial charge in [-0.3, -0.25) is 4.68 Å². The SMILES string of the molecule is CC1(C)OC[C@@H](CCc2nn(CC3CCC(COC(C(=O)O)C(C)(C)C)CC3)c(-c3ccccc3)c2Br)O1. The van der Waals surface area contributed by atoms with E-state index in [2.05, 4.69) is 44.9 Å². The molecule has 0 radical (unpaired) electrons. The van der Waals surface area contributed by atoms with E-state index in [0.717, 1.165) is 66.5 Å². The normalized spacial score (nSPS) is 24.4. The number of carboxylic acid groups (broad SMARTS) is 1. The molecule has 7 nitrogen and oxygen atoms in total. The summed E-state index contributed by atoms with van der Waals surface area (Å²) in [5.74, 6) is -0.461. The van der Waals surface area contributed by atoms with Crippen molar-refractivity contribution >= 4 is 21.9 Å². The lowest BCUT2D eigenvalue weighted by atomic mass is 9.82. The van der Waals surface area contributed by atoms with Gasteiger partial charge < -0.3 is 19.3 Å². The van der Waals surface area contributed by atoms with E-state index in [-0.39, 0.29) is 6.10 Å². The van der Waals surface area contributed by atoms with Crippen LogP contribution in [0, 0.1) is 17.3 Å². The number of carbonyl (C=O) groups is 1.